The number of hydrogen-bond donors (Lipinski definition) is 1. The predicted molar refractivity (Wildman–Crippen MR) is 60.3 cm³/mol. The summed E-state index contributed by atoms with van der Waals surface area (Å²) in [6, 6.07) is 0.806. The van der Waals surface area contributed by atoms with Crippen molar-refractivity contribution in [1.82, 2.24) is 10.2 Å². The van der Waals surface area contributed by atoms with Crippen LogP contribution < -0.4 is 5.32 Å². The Bertz CT molecular complexity index is 189. The van der Waals surface area contributed by atoms with E-state index in [4.69, 9.17) is 0 Å². The summed E-state index contributed by atoms with van der Waals surface area (Å²) in [5.41, 5.74) is 0. The predicted octanol–water partition coefficient (Wildman–Crippen LogP) is 1.57. The molecule has 82 valence electrons. The van der Waals surface area contributed by atoms with Crippen LogP contribution in [0.3, 0.4) is 0 Å². The highest BCUT2D eigenvalue weighted by atomic mass is 15.2. The normalized spacial score (nSPS) is 38.1. The molecule has 2 rings (SSSR count). The van der Waals surface area contributed by atoms with Crippen molar-refractivity contribution in [2.45, 2.75) is 32.7 Å². The Morgan fingerprint density at radius 2 is 2.00 bits per heavy atom. The Kier molecular flexibility index (Phi) is 3.13. The third-order valence-corrected chi connectivity index (χ3v) is 4.31. The van der Waals surface area contributed by atoms with E-state index in [1.54, 1.807) is 0 Å². The zero-order chi connectivity index (χ0) is 10.1. The summed E-state index contributed by atoms with van der Waals surface area (Å²) >= 11 is 0. The van der Waals surface area contributed by atoms with Gasteiger partial charge in [-0.1, -0.05) is 26.7 Å². The first-order chi connectivity index (χ1) is 6.76. The minimum absolute atomic E-state index is 0.806. The first-order valence-corrected chi connectivity index (χ1v) is 6.18. The molecule has 0 amide bonds. The maximum absolute atomic E-state index is 3.75. The third kappa shape index (κ3) is 1.70. The number of nitrogens with one attached hydrogen (secondary N) is 1. The van der Waals surface area contributed by atoms with Gasteiger partial charge in [-0.3, -0.25) is 0 Å². The molecule has 1 N–H and O–H groups in total. The highest BCUT2D eigenvalue weighted by Gasteiger charge is 2.43. The van der Waals surface area contributed by atoms with Gasteiger partial charge in [0.05, 0.1) is 0 Å². The molecule has 0 aromatic carbocycles. The molecule has 2 aliphatic heterocycles. The van der Waals surface area contributed by atoms with E-state index in [9.17, 15) is 0 Å². The van der Waals surface area contributed by atoms with Gasteiger partial charge in [0.25, 0.3) is 0 Å². The maximum atomic E-state index is 3.75. The molecule has 3 atom stereocenters. The standard InChI is InChI=1S/C12H24N2/c1-4-9(5-2)12-11-8-14(3)7-10(11)6-13-12/h9-13H,4-8H2,1-3H3/t10-,11-,12+/m1/s1. The van der Waals surface area contributed by atoms with Gasteiger partial charge in [-0.25, -0.2) is 0 Å². The molecule has 0 aromatic heterocycles. The second kappa shape index (κ2) is 4.19. The third-order valence-electron chi connectivity index (χ3n) is 4.31. The quantitative estimate of drug-likeness (QED) is 0.737. The van der Waals surface area contributed by atoms with Crippen molar-refractivity contribution in [3.8, 4) is 0 Å². The van der Waals surface area contributed by atoms with Gasteiger partial charge in [0.15, 0.2) is 0 Å². The second-order valence-electron chi connectivity index (χ2n) is 5.16. The fourth-order valence-corrected chi connectivity index (χ4v) is 3.49. The van der Waals surface area contributed by atoms with E-state index in [2.05, 4.69) is 31.1 Å². The molecule has 0 bridgehead atoms. The van der Waals surface area contributed by atoms with Crippen LogP contribution in [0.2, 0.25) is 0 Å². The van der Waals surface area contributed by atoms with E-state index in [0.717, 1.165) is 23.8 Å². The van der Waals surface area contributed by atoms with Gasteiger partial charge in [-0.15, -0.1) is 0 Å². The van der Waals surface area contributed by atoms with Crippen LogP contribution in [0.4, 0.5) is 0 Å². The Morgan fingerprint density at radius 3 is 2.64 bits per heavy atom. The molecule has 0 aromatic rings. The zero-order valence-electron chi connectivity index (χ0n) is 9.79. The lowest BCUT2D eigenvalue weighted by atomic mass is 9.83. The molecule has 0 spiro atoms. The molecule has 2 aliphatic rings. The average molecular weight is 196 g/mol. The Balaban J connectivity index is 2.00. The number of likely N-dealkylation sites (tertiary alicyclic amines) is 1. The molecule has 0 aliphatic carbocycles. The number of fused-ring (bicyclic) bond motifs is 1. The molecule has 0 unspecified atom stereocenters. The Hall–Kier alpha value is -0.0800. The molecule has 2 heteroatoms. The summed E-state index contributed by atoms with van der Waals surface area (Å²) in [6.07, 6.45) is 2.67. The Morgan fingerprint density at radius 1 is 1.29 bits per heavy atom. The summed E-state index contributed by atoms with van der Waals surface area (Å²) in [6.45, 7) is 8.56. The number of hydrogen-bond acceptors (Lipinski definition) is 2. The van der Waals surface area contributed by atoms with E-state index in [-0.39, 0.29) is 0 Å². The van der Waals surface area contributed by atoms with Crippen molar-refractivity contribution in [1.29, 1.82) is 0 Å². The molecule has 2 heterocycles. The summed E-state index contributed by atoms with van der Waals surface area (Å²) in [5.74, 6) is 2.77. The number of nitrogens with zero attached hydrogens (tertiary/aromatic N) is 1. The maximum Gasteiger partial charge on any atom is 0.0139 e. The minimum atomic E-state index is 0.806. The van der Waals surface area contributed by atoms with Crippen LogP contribution in [-0.4, -0.2) is 37.6 Å². The van der Waals surface area contributed by atoms with Crippen molar-refractivity contribution in [3.63, 3.8) is 0 Å². The van der Waals surface area contributed by atoms with Crippen molar-refractivity contribution < 1.29 is 0 Å². The van der Waals surface area contributed by atoms with E-state index in [1.165, 1.54) is 32.5 Å². The van der Waals surface area contributed by atoms with E-state index in [1.807, 2.05) is 0 Å². The van der Waals surface area contributed by atoms with E-state index < -0.39 is 0 Å². The minimum Gasteiger partial charge on any atom is -0.313 e. The molecule has 2 fully saturated rings. The lowest BCUT2D eigenvalue weighted by molar-refractivity contribution is 0.278. The van der Waals surface area contributed by atoms with Crippen LogP contribution in [0.15, 0.2) is 0 Å². The molecule has 0 radical (unpaired) electrons. The summed E-state index contributed by atoms with van der Waals surface area (Å²) in [4.78, 5) is 2.51. The fraction of sp³-hybridized carbons (Fsp3) is 1.00. The highest BCUT2D eigenvalue weighted by Crippen LogP contribution is 2.35. The number of rotatable bonds is 3. The topological polar surface area (TPSA) is 15.3 Å². The average Bonchev–Trinajstić information content (AvgIpc) is 2.68. The van der Waals surface area contributed by atoms with Gasteiger partial charge in [-0.2, -0.15) is 0 Å². The monoisotopic (exact) mass is 196 g/mol. The highest BCUT2D eigenvalue weighted by molar-refractivity contribution is 4.99. The first kappa shape index (κ1) is 10.4. The molecule has 0 saturated carbocycles. The van der Waals surface area contributed by atoms with Crippen LogP contribution in [0.25, 0.3) is 0 Å². The van der Waals surface area contributed by atoms with Crippen LogP contribution >= 0.6 is 0 Å². The van der Waals surface area contributed by atoms with Gasteiger partial charge in [0.2, 0.25) is 0 Å². The lowest BCUT2D eigenvalue weighted by Gasteiger charge is -2.26. The zero-order valence-corrected chi connectivity index (χ0v) is 9.79. The van der Waals surface area contributed by atoms with E-state index >= 15 is 0 Å². The van der Waals surface area contributed by atoms with Crippen molar-refractivity contribution in [2.75, 3.05) is 26.7 Å². The first-order valence-electron chi connectivity index (χ1n) is 6.18. The van der Waals surface area contributed by atoms with Crippen molar-refractivity contribution in [2.24, 2.45) is 17.8 Å². The molecule has 14 heavy (non-hydrogen) atoms. The summed E-state index contributed by atoms with van der Waals surface area (Å²) in [7, 11) is 2.27. The van der Waals surface area contributed by atoms with Crippen molar-refractivity contribution in [3.05, 3.63) is 0 Å². The van der Waals surface area contributed by atoms with Crippen LogP contribution in [-0.2, 0) is 0 Å². The molecular weight excluding hydrogens is 172 g/mol. The molecule has 2 saturated heterocycles. The van der Waals surface area contributed by atoms with Gasteiger partial charge >= 0.3 is 0 Å². The van der Waals surface area contributed by atoms with Gasteiger partial charge in [0.1, 0.15) is 0 Å². The van der Waals surface area contributed by atoms with Gasteiger partial charge in [-0.05, 0) is 31.3 Å². The van der Waals surface area contributed by atoms with Gasteiger partial charge in [0, 0.05) is 19.1 Å². The SMILES string of the molecule is CCC(CC)[C@@H]1NC[C@@H]2CN(C)C[C@H]21. The van der Waals surface area contributed by atoms with E-state index in [0.29, 0.717) is 0 Å². The summed E-state index contributed by atoms with van der Waals surface area (Å²) in [5, 5.41) is 3.75. The molecular formula is C12H24N2. The van der Waals surface area contributed by atoms with Crippen molar-refractivity contribution >= 4 is 0 Å². The lowest BCUT2D eigenvalue weighted by Crippen LogP contribution is -2.37. The van der Waals surface area contributed by atoms with Crippen LogP contribution in [0, 0.1) is 17.8 Å². The largest absolute Gasteiger partial charge is 0.313 e. The Labute approximate surface area is 88.1 Å². The fourth-order valence-electron chi connectivity index (χ4n) is 3.49. The second-order valence-corrected chi connectivity index (χ2v) is 5.16. The van der Waals surface area contributed by atoms with Gasteiger partial charge < -0.3 is 10.2 Å². The summed E-state index contributed by atoms with van der Waals surface area (Å²) < 4.78 is 0. The van der Waals surface area contributed by atoms with Crippen LogP contribution in [0.5, 0.6) is 0 Å². The smallest absolute Gasteiger partial charge is 0.0139 e. The molecule has 2 nitrogen and oxygen atoms in total. The van der Waals surface area contributed by atoms with Crippen LogP contribution in [0.1, 0.15) is 26.7 Å².